The third-order valence-corrected chi connectivity index (χ3v) is 4.69. The number of rotatable bonds is 10. The second-order valence-corrected chi connectivity index (χ2v) is 8.96. The molecule has 174 valence electrons. The molecule has 0 N–H and O–H groups in total. The summed E-state index contributed by atoms with van der Waals surface area (Å²) in [6.07, 6.45) is -12.3. The summed E-state index contributed by atoms with van der Waals surface area (Å²) in [4.78, 5) is 0. The van der Waals surface area contributed by atoms with Gasteiger partial charge in [0.2, 0.25) is 41.6 Å². The summed E-state index contributed by atoms with van der Waals surface area (Å²) < 4.78 is 155. The van der Waals surface area contributed by atoms with Crippen LogP contribution in [-0.2, 0) is 67.8 Å². The van der Waals surface area contributed by atoms with Crippen molar-refractivity contribution in [2.75, 3.05) is 13.7 Å². The fourth-order valence-electron chi connectivity index (χ4n) is 2.09. The molecule has 0 aromatic heterocycles. The van der Waals surface area contributed by atoms with Gasteiger partial charge in [0.15, 0.2) is 12.4 Å². The van der Waals surface area contributed by atoms with Gasteiger partial charge in [-0.15, -0.1) is 0 Å². The van der Waals surface area contributed by atoms with Crippen LogP contribution in [0.25, 0.3) is 0 Å². The lowest BCUT2D eigenvalue weighted by molar-refractivity contribution is -0.279. The Hall–Kier alpha value is -0.600. The van der Waals surface area contributed by atoms with E-state index >= 15 is 0 Å². The number of hydrogen-bond donors (Lipinski definition) is 0. The molecule has 1 fully saturated rings. The fourth-order valence-corrected chi connectivity index (χ4v) is 3.86. The highest BCUT2D eigenvalue weighted by molar-refractivity contribution is 7.81. The average Bonchev–Trinajstić information content (AvgIpc) is 2.44. The Balaban J connectivity index is 3.49. The Labute approximate surface area is 164 Å². The predicted octanol–water partition coefficient (Wildman–Crippen LogP) is -4.63. The van der Waals surface area contributed by atoms with E-state index in [1.165, 1.54) is 0 Å². The molecule has 0 aliphatic carbocycles. The van der Waals surface area contributed by atoms with Crippen LogP contribution in [0.4, 0.5) is 0 Å². The van der Waals surface area contributed by atoms with E-state index in [1.807, 2.05) is 0 Å². The quantitative estimate of drug-likeness (QED) is 0.197. The van der Waals surface area contributed by atoms with E-state index in [-0.39, 0.29) is 0 Å². The van der Waals surface area contributed by atoms with Crippen molar-refractivity contribution < 1.29 is 78.1 Å². The lowest BCUT2D eigenvalue weighted by atomic mass is 9.99. The lowest BCUT2D eigenvalue weighted by Gasteiger charge is -2.44. The normalized spacial score (nSPS) is 29.6. The summed E-state index contributed by atoms with van der Waals surface area (Å²) >= 11 is 0. The Morgan fingerprint density at radius 1 is 0.690 bits per heavy atom. The largest absolute Gasteiger partial charge is 0.726 e. The summed E-state index contributed by atoms with van der Waals surface area (Å²) in [7, 11) is -22.1. The number of ether oxygens (including phenoxy) is 2. The van der Waals surface area contributed by atoms with E-state index in [0.717, 1.165) is 7.11 Å². The van der Waals surface area contributed by atoms with Crippen molar-refractivity contribution in [1.82, 2.24) is 0 Å². The first kappa shape index (κ1) is 26.4. The zero-order chi connectivity index (χ0) is 22.8. The first-order valence-electron chi connectivity index (χ1n) is 6.52. The predicted molar refractivity (Wildman–Crippen MR) is 75.0 cm³/mol. The van der Waals surface area contributed by atoms with Crippen LogP contribution in [0.1, 0.15) is 0 Å². The second kappa shape index (κ2) is 9.27. The van der Waals surface area contributed by atoms with Crippen LogP contribution in [0.3, 0.4) is 0 Å². The summed E-state index contributed by atoms with van der Waals surface area (Å²) in [5.41, 5.74) is 0. The Bertz CT molecular complexity index is 977. The summed E-state index contributed by atoms with van der Waals surface area (Å²) in [6.45, 7) is -1.46. The minimum atomic E-state index is -5.83. The molecule has 1 rings (SSSR count). The van der Waals surface area contributed by atoms with Gasteiger partial charge in [-0.1, -0.05) is 0 Å². The monoisotopic (exact) mass is 510 g/mol. The maximum absolute atomic E-state index is 10.9. The molecule has 0 spiro atoms. The van der Waals surface area contributed by atoms with Gasteiger partial charge in [-0.2, -0.15) is 0 Å². The molecular weight excluding hydrogens is 500 g/mol. The molecule has 1 aliphatic rings. The van der Waals surface area contributed by atoms with E-state index in [2.05, 4.69) is 21.5 Å². The van der Waals surface area contributed by atoms with E-state index < -0.39 is 78.9 Å². The minimum Gasteiger partial charge on any atom is -0.726 e. The van der Waals surface area contributed by atoms with Gasteiger partial charge < -0.3 is 27.7 Å². The molecular formula is C7H10O18S4-4. The molecule has 18 nitrogen and oxygen atoms in total. The van der Waals surface area contributed by atoms with Crippen molar-refractivity contribution in [3.63, 3.8) is 0 Å². The van der Waals surface area contributed by atoms with Gasteiger partial charge in [0.1, 0.15) is 18.3 Å². The molecule has 0 saturated carbocycles. The molecule has 5 unspecified atom stereocenters. The Morgan fingerprint density at radius 2 is 1.10 bits per heavy atom. The first-order chi connectivity index (χ1) is 12.8. The second-order valence-electron chi connectivity index (χ2n) is 4.88. The Kier molecular flexibility index (Phi) is 8.45. The van der Waals surface area contributed by atoms with Crippen LogP contribution in [0.15, 0.2) is 0 Å². The van der Waals surface area contributed by atoms with Crippen molar-refractivity contribution in [2.45, 2.75) is 30.7 Å². The lowest BCUT2D eigenvalue weighted by Crippen LogP contribution is -2.62. The van der Waals surface area contributed by atoms with Gasteiger partial charge in [0.25, 0.3) is 0 Å². The first-order valence-corrected chi connectivity index (χ1v) is 11.9. The van der Waals surface area contributed by atoms with Crippen LogP contribution in [0.5, 0.6) is 0 Å². The molecule has 0 bridgehead atoms. The van der Waals surface area contributed by atoms with E-state index in [9.17, 15) is 51.9 Å². The van der Waals surface area contributed by atoms with Crippen LogP contribution >= 0.6 is 0 Å². The maximum atomic E-state index is 10.9. The minimum absolute atomic E-state index is 0.745. The standard InChI is InChI=1S/C7H14O18S4/c1-20-7-6(25-29(17,18)19)5(24-28(14,15)16)4(23-27(11,12)13)3(22-7)2-21-26(8,9)10/h3-7H,2H2,1H3,(H,8,9,10)(H,11,12,13)(H,14,15,16)(H,17,18,19)/p-4. The van der Waals surface area contributed by atoms with Crippen molar-refractivity contribution in [2.24, 2.45) is 0 Å². The molecule has 1 heterocycles. The molecule has 1 aliphatic heterocycles. The van der Waals surface area contributed by atoms with Crippen molar-refractivity contribution in [1.29, 1.82) is 0 Å². The third-order valence-electron chi connectivity index (χ3n) is 2.89. The summed E-state index contributed by atoms with van der Waals surface area (Å²) in [6, 6.07) is 0. The molecule has 22 heteroatoms. The summed E-state index contributed by atoms with van der Waals surface area (Å²) in [5, 5.41) is 0. The maximum Gasteiger partial charge on any atom is 0.218 e. The highest BCUT2D eigenvalue weighted by atomic mass is 32.3. The molecule has 5 atom stereocenters. The molecule has 0 radical (unpaired) electrons. The molecule has 0 aromatic carbocycles. The van der Waals surface area contributed by atoms with Crippen molar-refractivity contribution >= 4 is 41.6 Å². The molecule has 1 saturated heterocycles. The van der Waals surface area contributed by atoms with Crippen LogP contribution in [-0.4, -0.2) is 96.3 Å². The topological polar surface area (TPSA) is 284 Å². The fraction of sp³-hybridized carbons (Fsp3) is 1.00. The number of methoxy groups -OCH3 is 1. The van der Waals surface area contributed by atoms with E-state index in [0.29, 0.717) is 0 Å². The van der Waals surface area contributed by atoms with Gasteiger partial charge in [-0.05, 0) is 0 Å². The zero-order valence-corrected chi connectivity index (χ0v) is 16.8. The SMILES string of the molecule is COC1OC(COS(=O)(=O)[O-])C(OS(=O)(=O)[O-])C(OS(=O)(=O)[O-])C1OS(=O)(=O)[O-]. The van der Waals surface area contributed by atoms with E-state index in [1.54, 1.807) is 0 Å². The van der Waals surface area contributed by atoms with Crippen molar-refractivity contribution in [3.05, 3.63) is 0 Å². The van der Waals surface area contributed by atoms with E-state index in [4.69, 9.17) is 4.74 Å². The smallest absolute Gasteiger partial charge is 0.218 e. The zero-order valence-electron chi connectivity index (χ0n) is 13.6. The average molecular weight is 510 g/mol. The number of hydrogen-bond acceptors (Lipinski definition) is 18. The van der Waals surface area contributed by atoms with Gasteiger partial charge in [-0.3, -0.25) is 16.7 Å². The highest BCUT2D eigenvalue weighted by Gasteiger charge is 2.52. The van der Waals surface area contributed by atoms with Crippen LogP contribution in [0.2, 0.25) is 0 Å². The highest BCUT2D eigenvalue weighted by Crippen LogP contribution is 2.31. The molecule has 29 heavy (non-hydrogen) atoms. The molecule has 0 amide bonds. The van der Waals surface area contributed by atoms with Gasteiger partial charge in [-0.25, -0.2) is 33.7 Å². The molecule has 0 aromatic rings. The van der Waals surface area contributed by atoms with Gasteiger partial charge in [0.05, 0.1) is 6.61 Å². The van der Waals surface area contributed by atoms with Gasteiger partial charge in [0, 0.05) is 7.11 Å². The summed E-state index contributed by atoms with van der Waals surface area (Å²) in [5.74, 6) is 0. The third kappa shape index (κ3) is 9.83. The van der Waals surface area contributed by atoms with Gasteiger partial charge >= 0.3 is 0 Å². The van der Waals surface area contributed by atoms with Crippen LogP contribution in [0, 0.1) is 0 Å². The Morgan fingerprint density at radius 3 is 1.48 bits per heavy atom. The van der Waals surface area contributed by atoms with Crippen molar-refractivity contribution in [3.8, 4) is 0 Å². The van der Waals surface area contributed by atoms with Crippen LogP contribution < -0.4 is 0 Å².